The number of Topliss-reactive ketones (excluding diaryl/α,β-unsaturated/α-hetero) is 1. The predicted molar refractivity (Wildman–Crippen MR) is 134 cm³/mol. The second-order valence-corrected chi connectivity index (χ2v) is 9.27. The number of para-hydroxylation sites is 1. The smallest absolute Gasteiger partial charge is 0.301 e. The fraction of sp³-hybridized carbons (Fsp3) is 0.0385. The highest BCUT2D eigenvalue weighted by molar-refractivity contribution is 9.10. The molecular weight excluding hydrogens is 516 g/mol. The summed E-state index contributed by atoms with van der Waals surface area (Å²) in [6.45, 7) is 0. The SMILES string of the molecule is O=C1C(=O)N(c2nccs2)[C@@H](c2cccc(Oc3ccccc3)c2)C1=C(O)c1ccc(Br)cc1. The second-order valence-electron chi connectivity index (χ2n) is 7.48. The summed E-state index contributed by atoms with van der Waals surface area (Å²) >= 11 is 4.61. The summed E-state index contributed by atoms with van der Waals surface area (Å²) < 4.78 is 6.79. The highest BCUT2D eigenvalue weighted by Crippen LogP contribution is 2.43. The van der Waals surface area contributed by atoms with Gasteiger partial charge in [0.1, 0.15) is 17.3 Å². The van der Waals surface area contributed by atoms with E-state index in [9.17, 15) is 14.7 Å². The van der Waals surface area contributed by atoms with Crippen LogP contribution in [0.3, 0.4) is 0 Å². The van der Waals surface area contributed by atoms with Crippen molar-refractivity contribution in [1.29, 1.82) is 0 Å². The van der Waals surface area contributed by atoms with E-state index in [0.29, 0.717) is 27.8 Å². The minimum atomic E-state index is -0.867. The molecule has 0 radical (unpaired) electrons. The summed E-state index contributed by atoms with van der Waals surface area (Å²) in [5.74, 6) is -0.562. The lowest BCUT2D eigenvalue weighted by Gasteiger charge is -2.23. The average molecular weight is 533 g/mol. The fourth-order valence-corrected chi connectivity index (χ4v) is 4.75. The number of hydrogen-bond acceptors (Lipinski definition) is 6. The summed E-state index contributed by atoms with van der Waals surface area (Å²) in [5.41, 5.74) is 1.04. The van der Waals surface area contributed by atoms with Gasteiger partial charge in [-0.1, -0.05) is 58.4 Å². The van der Waals surface area contributed by atoms with Crippen molar-refractivity contribution < 1.29 is 19.4 Å². The number of amides is 1. The van der Waals surface area contributed by atoms with E-state index in [4.69, 9.17) is 4.74 Å². The molecule has 1 N–H and O–H groups in total. The number of aliphatic hydroxyl groups is 1. The zero-order valence-electron chi connectivity index (χ0n) is 17.6. The van der Waals surface area contributed by atoms with Gasteiger partial charge in [0.25, 0.3) is 5.78 Å². The Bertz CT molecular complexity index is 1390. The normalized spacial score (nSPS) is 17.2. The molecule has 8 heteroatoms. The molecule has 0 saturated carbocycles. The molecule has 0 unspecified atom stereocenters. The number of ether oxygens (including phenoxy) is 1. The number of hydrogen-bond donors (Lipinski definition) is 1. The molecule has 2 heterocycles. The number of ketones is 1. The van der Waals surface area contributed by atoms with Crippen LogP contribution in [0.2, 0.25) is 0 Å². The zero-order chi connectivity index (χ0) is 23.7. The minimum Gasteiger partial charge on any atom is -0.507 e. The van der Waals surface area contributed by atoms with Gasteiger partial charge in [-0.25, -0.2) is 4.98 Å². The first-order chi connectivity index (χ1) is 16.5. The molecule has 1 aliphatic heterocycles. The lowest BCUT2D eigenvalue weighted by molar-refractivity contribution is -0.132. The summed E-state index contributed by atoms with van der Waals surface area (Å²) in [7, 11) is 0. The number of benzene rings is 3. The monoisotopic (exact) mass is 532 g/mol. The third kappa shape index (κ3) is 4.13. The molecule has 1 amide bonds. The molecule has 1 saturated heterocycles. The van der Waals surface area contributed by atoms with E-state index >= 15 is 0 Å². The summed E-state index contributed by atoms with van der Waals surface area (Å²) in [6.07, 6.45) is 1.57. The van der Waals surface area contributed by atoms with Crippen LogP contribution in [0.4, 0.5) is 5.13 Å². The quantitative estimate of drug-likeness (QED) is 0.184. The first kappa shape index (κ1) is 22.1. The van der Waals surface area contributed by atoms with Crippen molar-refractivity contribution in [3.8, 4) is 11.5 Å². The Hall–Kier alpha value is -3.75. The molecule has 0 aliphatic carbocycles. The average Bonchev–Trinajstić information content (AvgIpc) is 3.47. The topological polar surface area (TPSA) is 79.7 Å². The van der Waals surface area contributed by atoms with Gasteiger partial charge in [0.05, 0.1) is 11.6 Å². The molecule has 168 valence electrons. The minimum absolute atomic E-state index is 0.000571. The van der Waals surface area contributed by atoms with Crippen molar-refractivity contribution in [3.05, 3.63) is 112 Å². The van der Waals surface area contributed by atoms with Crippen molar-refractivity contribution in [3.63, 3.8) is 0 Å². The Morgan fingerprint density at radius 1 is 0.971 bits per heavy atom. The molecule has 6 nitrogen and oxygen atoms in total. The fourth-order valence-electron chi connectivity index (χ4n) is 3.82. The van der Waals surface area contributed by atoms with Gasteiger partial charge in [0.2, 0.25) is 0 Å². The van der Waals surface area contributed by atoms with Crippen LogP contribution in [0, 0.1) is 0 Å². The van der Waals surface area contributed by atoms with Gasteiger partial charge in [-0.15, -0.1) is 11.3 Å². The van der Waals surface area contributed by atoms with Crippen molar-refractivity contribution in [2.45, 2.75) is 6.04 Å². The molecule has 0 bridgehead atoms. The van der Waals surface area contributed by atoms with Gasteiger partial charge >= 0.3 is 5.91 Å². The van der Waals surface area contributed by atoms with E-state index in [2.05, 4.69) is 20.9 Å². The van der Waals surface area contributed by atoms with Gasteiger partial charge in [-0.2, -0.15) is 0 Å². The third-order valence-electron chi connectivity index (χ3n) is 5.34. The molecule has 0 spiro atoms. The Kier molecular flexibility index (Phi) is 6.00. The van der Waals surface area contributed by atoms with Crippen LogP contribution < -0.4 is 9.64 Å². The number of aromatic nitrogens is 1. The number of rotatable bonds is 5. The van der Waals surface area contributed by atoms with Gasteiger partial charge in [0.15, 0.2) is 5.13 Å². The first-order valence-electron chi connectivity index (χ1n) is 10.3. The second kappa shape index (κ2) is 9.24. The third-order valence-corrected chi connectivity index (χ3v) is 6.64. The predicted octanol–water partition coefficient (Wildman–Crippen LogP) is 6.32. The number of halogens is 1. The summed E-state index contributed by atoms with van der Waals surface area (Å²) in [5, 5.41) is 13.3. The molecule has 1 aliphatic rings. The first-order valence-corrected chi connectivity index (χ1v) is 12.0. The maximum Gasteiger partial charge on any atom is 0.301 e. The Balaban J connectivity index is 1.64. The van der Waals surface area contributed by atoms with Crippen LogP contribution in [-0.4, -0.2) is 21.8 Å². The molecule has 1 aromatic heterocycles. The van der Waals surface area contributed by atoms with Gasteiger partial charge in [0, 0.05) is 21.6 Å². The lowest BCUT2D eigenvalue weighted by atomic mass is 9.95. The van der Waals surface area contributed by atoms with E-state index in [-0.39, 0.29) is 11.3 Å². The van der Waals surface area contributed by atoms with Crippen molar-refractivity contribution in [2.24, 2.45) is 0 Å². The van der Waals surface area contributed by atoms with Gasteiger partial charge in [-0.3, -0.25) is 14.5 Å². The van der Waals surface area contributed by atoms with Crippen molar-refractivity contribution >= 4 is 49.8 Å². The van der Waals surface area contributed by atoms with Crippen LogP contribution in [-0.2, 0) is 9.59 Å². The number of carbonyl (C=O) groups excluding carboxylic acids is 2. The highest BCUT2D eigenvalue weighted by atomic mass is 79.9. The number of thiazole rings is 1. The maximum atomic E-state index is 13.2. The van der Waals surface area contributed by atoms with Crippen LogP contribution in [0.25, 0.3) is 5.76 Å². The number of carbonyl (C=O) groups is 2. The van der Waals surface area contributed by atoms with E-state index < -0.39 is 17.7 Å². The van der Waals surface area contributed by atoms with E-state index in [1.165, 1.54) is 16.2 Å². The molecule has 4 aromatic rings. The number of nitrogens with zero attached hydrogens (tertiary/aromatic N) is 2. The highest BCUT2D eigenvalue weighted by Gasteiger charge is 2.48. The Morgan fingerprint density at radius 2 is 1.71 bits per heavy atom. The largest absolute Gasteiger partial charge is 0.507 e. The molecule has 1 fully saturated rings. The molecular formula is C26H17BrN2O4S. The molecule has 3 aromatic carbocycles. The van der Waals surface area contributed by atoms with Gasteiger partial charge in [-0.05, 0) is 42.0 Å². The lowest BCUT2D eigenvalue weighted by Crippen LogP contribution is -2.29. The van der Waals surface area contributed by atoms with Crippen molar-refractivity contribution in [1.82, 2.24) is 4.98 Å². The summed E-state index contributed by atoms with van der Waals surface area (Å²) in [6, 6.07) is 22.5. The Labute approximate surface area is 207 Å². The van der Waals surface area contributed by atoms with E-state index in [1.807, 2.05) is 30.3 Å². The zero-order valence-corrected chi connectivity index (χ0v) is 20.0. The van der Waals surface area contributed by atoms with Crippen LogP contribution >= 0.6 is 27.3 Å². The maximum absolute atomic E-state index is 13.2. The summed E-state index contributed by atoms with van der Waals surface area (Å²) in [4.78, 5) is 31.9. The Morgan fingerprint density at radius 3 is 2.41 bits per heavy atom. The standard InChI is InChI=1S/C26H17BrN2O4S/c27-18-11-9-16(10-12-18)23(30)21-22(29(25(32)24(21)31)26-28-13-14-34-26)17-5-4-8-20(15-17)33-19-6-2-1-3-7-19/h1-15,22,30H/t22-/m0/s1. The molecule has 34 heavy (non-hydrogen) atoms. The van der Waals surface area contributed by atoms with Crippen molar-refractivity contribution in [2.75, 3.05) is 4.90 Å². The van der Waals surface area contributed by atoms with Crippen LogP contribution in [0.1, 0.15) is 17.2 Å². The molecule has 1 atom stereocenters. The molecule has 5 rings (SSSR count). The van der Waals surface area contributed by atoms with E-state index in [0.717, 1.165) is 4.47 Å². The number of aliphatic hydroxyl groups excluding tert-OH is 1. The van der Waals surface area contributed by atoms with E-state index in [1.54, 1.807) is 60.1 Å². The number of anilines is 1. The van der Waals surface area contributed by atoms with Gasteiger partial charge < -0.3 is 9.84 Å². The van der Waals surface area contributed by atoms with Crippen LogP contribution in [0.15, 0.2) is 100 Å². The van der Waals surface area contributed by atoms with Crippen LogP contribution in [0.5, 0.6) is 11.5 Å².